The second-order valence-electron chi connectivity index (χ2n) is 5.70. The third-order valence-corrected chi connectivity index (χ3v) is 5.86. The Kier molecular flexibility index (Phi) is 4.86. The highest BCUT2D eigenvalue weighted by atomic mass is 32.2. The minimum atomic E-state index is -3.53. The molecule has 1 aromatic heterocycles. The summed E-state index contributed by atoms with van der Waals surface area (Å²) in [5.41, 5.74) is 0.496. The quantitative estimate of drug-likeness (QED) is 0.823. The third-order valence-electron chi connectivity index (χ3n) is 3.96. The van der Waals surface area contributed by atoms with E-state index in [4.69, 9.17) is 9.26 Å². The lowest BCUT2D eigenvalue weighted by Gasteiger charge is -2.26. The van der Waals surface area contributed by atoms with Gasteiger partial charge in [-0.2, -0.15) is 9.29 Å². The minimum absolute atomic E-state index is 0.221. The van der Waals surface area contributed by atoms with E-state index in [1.54, 1.807) is 25.1 Å². The maximum atomic E-state index is 12.9. The summed E-state index contributed by atoms with van der Waals surface area (Å²) in [6, 6.07) is 4.78. The molecule has 0 N–H and O–H groups in total. The van der Waals surface area contributed by atoms with Crippen molar-refractivity contribution in [2.75, 3.05) is 19.7 Å². The third kappa shape index (κ3) is 3.29. The van der Waals surface area contributed by atoms with Gasteiger partial charge in [-0.05, 0) is 44.9 Å². The molecule has 0 unspecified atom stereocenters. The molecule has 7 nitrogen and oxygen atoms in total. The van der Waals surface area contributed by atoms with E-state index in [2.05, 4.69) is 10.1 Å². The molecule has 130 valence electrons. The van der Waals surface area contributed by atoms with Crippen molar-refractivity contribution in [3.8, 4) is 17.2 Å². The van der Waals surface area contributed by atoms with Gasteiger partial charge in [0.1, 0.15) is 5.75 Å². The van der Waals surface area contributed by atoms with Crippen LogP contribution in [0.4, 0.5) is 0 Å². The molecule has 3 rings (SSSR count). The molecule has 2 aromatic rings. The minimum Gasteiger partial charge on any atom is -0.493 e. The van der Waals surface area contributed by atoms with Gasteiger partial charge in [-0.25, -0.2) is 8.42 Å². The van der Waals surface area contributed by atoms with Gasteiger partial charge in [-0.3, -0.25) is 0 Å². The van der Waals surface area contributed by atoms with Crippen LogP contribution in [0.5, 0.6) is 5.75 Å². The molecule has 1 aliphatic heterocycles. The average molecular weight is 351 g/mol. The zero-order valence-electron chi connectivity index (χ0n) is 13.9. The van der Waals surface area contributed by atoms with Gasteiger partial charge < -0.3 is 9.26 Å². The van der Waals surface area contributed by atoms with E-state index in [1.165, 1.54) is 4.31 Å². The molecule has 0 atom stereocenters. The van der Waals surface area contributed by atoms with E-state index in [0.717, 1.165) is 19.3 Å². The van der Waals surface area contributed by atoms with Crippen LogP contribution < -0.4 is 4.74 Å². The Labute approximate surface area is 141 Å². The molecule has 0 radical (unpaired) electrons. The van der Waals surface area contributed by atoms with E-state index in [-0.39, 0.29) is 10.8 Å². The molecule has 1 aliphatic rings. The maximum absolute atomic E-state index is 12.9. The molecule has 8 heteroatoms. The molecule has 2 heterocycles. The second kappa shape index (κ2) is 6.90. The number of piperidine rings is 1. The van der Waals surface area contributed by atoms with Crippen molar-refractivity contribution in [3.05, 3.63) is 24.0 Å². The Balaban J connectivity index is 2.03. The number of hydrogen-bond donors (Lipinski definition) is 0. The van der Waals surface area contributed by atoms with Crippen LogP contribution in [-0.4, -0.2) is 42.6 Å². The zero-order chi connectivity index (χ0) is 17.2. The number of sulfonamides is 1. The van der Waals surface area contributed by atoms with Gasteiger partial charge >= 0.3 is 0 Å². The SMILES string of the molecule is CCOc1ccc(S(=O)(=O)N2CCCCC2)cc1-c1nc(C)no1. The molecule has 24 heavy (non-hydrogen) atoms. The molecular weight excluding hydrogens is 330 g/mol. The summed E-state index contributed by atoms with van der Waals surface area (Å²) < 4.78 is 38.0. The van der Waals surface area contributed by atoms with Crippen molar-refractivity contribution in [1.29, 1.82) is 0 Å². The Morgan fingerprint density at radius 3 is 2.62 bits per heavy atom. The second-order valence-corrected chi connectivity index (χ2v) is 7.64. The summed E-state index contributed by atoms with van der Waals surface area (Å²) >= 11 is 0. The molecule has 0 spiro atoms. The van der Waals surface area contributed by atoms with Gasteiger partial charge in [0.05, 0.1) is 17.1 Å². The maximum Gasteiger partial charge on any atom is 0.261 e. The lowest BCUT2D eigenvalue weighted by atomic mass is 10.2. The molecule has 1 fully saturated rings. The molecule has 1 aromatic carbocycles. The Hall–Kier alpha value is -1.93. The van der Waals surface area contributed by atoms with Crippen molar-refractivity contribution in [2.45, 2.75) is 38.0 Å². The van der Waals surface area contributed by atoms with Crippen LogP contribution in [0.25, 0.3) is 11.5 Å². The van der Waals surface area contributed by atoms with Crippen molar-refractivity contribution in [3.63, 3.8) is 0 Å². The fourth-order valence-corrected chi connectivity index (χ4v) is 4.32. The predicted octanol–water partition coefficient (Wildman–Crippen LogP) is 2.62. The van der Waals surface area contributed by atoms with Gasteiger partial charge in [-0.1, -0.05) is 11.6 Å². The first kappa shape index (κ1) is 16.9. The molecule has 0 aliphatic carbocycles. The van der Waals surface area contributed by atoms with Gasteiger partial charge in [0.25, 0.3) is 5.89 Å². The highest BCUT2D eigenvalue weighted by Crippen LogP contribution is 2.33. The van der Waals surface area contributed by atoms with Crippen LogP contribution in [-0.2, 0) is 10.0 Å². The highest BCUT2D eigenvalue weighted by molar-refractivity contribution is 7.89. The summed E-state index contributed by atoms with van der Waals surface area (Å²) in [5.74, 6) is 1.27. The number of benzene rings is 1. The number of hydrogen-bond acceptors (Lipinski definition) is 6. The first-order valence-electron chi connectivity index (χ1n) is 8.10. The van der Waals surface area contributed by atoms with E-state index in [1.807, 2.05) is 6.92 Å². The Bertz CT molecular complexity index is 810. The topological polar surface area (TPSA) is 85.5 Å². The number of rotatable bonds is 5. The number of aromatic nitrogens is 2. The smallest absolute Gasteiger partial charge is 0.261 e. The van der Waals surface area contributed by atoms with Gasteiger partial charge in [-0.15, -0.1) is 0 Å². The Morgan fingerprint density at radius 1 is 1.25 bits per heavy atom. The predicted molar refractivity (Wildman–Crippen MR) is 88.2 cm³/mol. The fraction of sp³-hybridized carbons (Fsp3) is 0.500. The number of aryl methyl sites for hydroxylation is 1. The van der Waals surface area contributed by atoms with Crippen molar-refractivity contribution < 1.29 is 17.7 Å². The van der Waals surface area contributed by atoms with Crippen LogP contribution in [0.15, 0.2) is 27.6 Å². The average Bonchev–Trinajstić information content (AvgIpc) is 3.02. The first-order valence-corrected chi connectivity index (χ1v) is 9.54. The van der Waals surface area contributed by atoms with Crippen molar-refractivity contribution in [1.82, 2.24) is 14.4 Å². The standard InChI is InChI=1S/C16H21N3O4S/c1-3-22-15-8-7-13(11-14(15)16-17-12(2)18-23-16)24(20,21)19-9-5-4-6-10-19/h7-8,11H,3-6,9-10H2,1-2H3. The van der Waals surface area contributed by atoms with Crippen molar-refractivity contribution in [2.24, 2.45) is 0 Å². The van der Waals surface area contributed by atoms with E-state index in [0.29, 0.717) is 36.8 Å². The summed E-state index contributed by atoms with van der Waals surface area (Å²) in [6.07, 6.45) is 2.86. The summed E-state index contributed by atoms with van der Waals surface area (Å²) in [5, 5.41) is 3.77. The Morgan fingerprint density at radius 2 is 2.00 bits per heavy atom. The van der Waals surface area contributed by atoms with E-state index in [9.17, 15) is 8.42 Å². The highest BCUT2D eigenvalue weighted by Gasteiger charge is 2.27. The lowest BCUT2D eigenvalue weighted by Crippen LogP contribution is -2.35. The van der Waals surface area contributed by atoms with Crippen molar-refractivity contribution >= 4 is 10.0 Å². The lowest BCUT2D eigenvalue weighted by molar-refractivity contribution is 0.338. The molecule has 1 saturated heterocycles. The fourth-order valence-electron chi connectivity index (χ4n) is 2.78. The molecule has 0 amide bonds. The normalized spacial score (nSPS) is 16.2. The van der Waals surface area contributed by atoms with Crippen LogP contribution in [0, 0.1) is 6.92 Å². The number of ether oxygens (including phenoxy) is 1. The molecular formula is C16H21N3O4S. The molecule has 0 bridgehead atoms. The molecule has 0 saturated carbocycles. The summed E-state index contributed by atoms with van der Waals surface area (Å²) in [6.45, 7) is 5.15. The summed E-state index contributed by atoms with van der Waals surface area (Å²) in [7, 11) is -3.53. The van der Waals surface area contributed by atoms with Gasteiger partial charge in [0.15, 0.2) is 5.82 Å². The number of nitrogens with zero attached hydrogens (tertiary/aromatic N) is 3. The first-order chi connectivity index (χ1) is 11.5. The van der Waals surface area contributed by atoms with Crippen LogP contribution in [0.3, 0.4) is 0 Å². The van der Waals surface area contributed by atoms with Gasteiger partial charge in [0.2, 0.25) is 10.0 Å². The van der Waals surface area contributed by atoms with Crippen LogP contribution in [0.2, 0.25) is 0 Å². The van der Waals surface area contributed by atoms with Gasteiger partial charge in [0, 0.05) is 13.1 Å². The summed E-state index contributed by atoms with van der Waals surface area (Å²) in [4.78, 5) is 4.41. The zero-order valence-corrected chi connectivity index (χ0v) is 14.7. The van der Waals surface area contributed by atoms with E-state index < -0.39 is 10.0 Å². The largest absolute Gasteiger partial charge is 0.493 e. The monoisotopic (exact) mass is 351 g/mol. The van der Waals surface area contributed by atoms with Crippen LogP contribution >= 0.6 is 0 Å². The van der Waals surface area contributed by atoms with Crippen LogP contribution in [0.1, 0.15) is 32.0 Å². The van der Waals surface area contributed by atoms with E-state index >= 15 is 0 Å².